The molecular formula is C17H28ClFN2O. The Hall–Kier alpha value is -1.29. The van der Waals surface area contributed by atoms with E-state index in [-0.39, 0.29) is 24.8 Å². The summed E-state index contributed by atoms with van der Waals surface area (Å²) in [7, 11) is 0. The van der Waals surface area contributed by atoms with E-state index >= 15 is 0 Å². The van der Waals surface area contributed by atoms with Crippen molar-refractivity contribution in [1.82, 2.24) is 0 Å². The summed E-state index contributed by atoms with van der Waals surface area (Å²) in [6.07, 6.45) is 6.66. The Labute approximate surface area is 139 Å². The summed E-state index contributed by atoms with van der Waals surface area (Å²) in [5.41, 5.74) is 6.01. The number of halogens is 2. The third-order valence-electron chi connectivity index (χ3n) is 3.47. The summed E-state index contributed by atoms with van der Waals surface area (Å²) in [6.45, 7) is 2.28. The number of benzene rings is 1. The van der Waals surface area contributed by atoms with Gasteiger partial charge in [-0.3, -0.25) is 5.41 Å². The van der Waals surface area contributed by atoms with Crippen LogP contribution >= 0.6 is 12.4 Å². The predicted octanol–water partition coefficient (Wildman–Crippen LogP) is 4.86. The molecule has 0 aliphatic heterocycles. The third-order valence-corrected chi connectivity index (χ3v) is 3.47. The molecule has 1 aromatic rings. The van der Waals surface area contributed by atoms with Crippen molar-refractivity contribution in [2.75, 3.05) is 6.61 Å². The van der Waals surface area contributed by atoms with Gasteiger partial charge in [0.25, 0.3) is 0 Å². The van der Waals surface area contributed by atoms with Crippen LogP contribution in [0.1, 0.15) is 57.4 Å². The number of hydrogen-bond acceptors (Lipinski definition) is 2. The number of amidine groups is 1. The van der Waals surface area contributed by atoms with Crippen LogP contribution < -0.4 is 10.5 Å². The first-order valence-corrected chi connectivity index (χ1v) is 7.84. The van der Waals surface area contributed by atoms with Crippen LogP contribution in [0.15, 0.2) is 24.3 Å². The van der Waals surface area contributed by atoms with E-state index in [4.69, 9.17) is 15.9 Å². The first kappa shape index (κ1) is 20.7. The van der Waals surface area contributed by atoms with E-state index in [0.29, 0.717) is 17.7 Å². The highest BCUT2D eigenvalue weighted by Gasteiger charge is 2.07. The lowest BCUT2D eigenvalue weighted by Gasteiger charge is -2.11. The minimum Gasteiger partial charge on any atom is -0.491 e. The van der Waals surface area contributed by atoms with Gasteiger partial charge in [0.15, 0.2) is 0 Å². The van der Waals surface area contributed by atoms with E-state index in [1.54, 1.807) is 24.3 Å². The van der Waals surface area contributed by atoms with E-state index in [9.17, 15) is 4.39 Å². The van der Waals surface area contributed by atoms with Gasteiger partial charge in [-0.1, -0.05) is 45.4 Å². The fourth-order valence-corrected chi connectivity index (χ4v) is 2.15. The highest BCUT2D eigenvalue weighted by molar-refractivity contribution is 5.94. The van der Waals surface area contributed by atoms with Crippen molar-refractivity contribution >= 4 is 18.2 Å². The van der Waals surface area contributed by atoms with Crippen LogP contribution in [0.25, 0.3) is 0 Å². The van der Waals surface area contributed by atoms with Crippen molar-refractivity contribution in [3.05, 3.63) is 29.8 Å². The number of rotatable bonds is 11. The van der Waals surface area contributed by atoms with Crippen molar-refractivity contribution in [1.29, 1.82) is 5.41 Å². The molecule has 0 bridgehead atoms. The predicted molar refractivity (Wildman–Crippen MR) is 93.1 cm³/mol. The van der Waals surface area contributed by atoms with Crippen molar-refractivity contribution in [2.24, 2.45) is 5.73 Å². The minimum atomic E-state index is -0.913. The molecule has 0 radical (unpaired) electrons. The number of nitrogen functional groups attached to an aromatic ring is 1. The molecule has 126 valence electrons. The van der Waals surface area contributed by atoms with E-state index in [0.717, 1.165) is 12.8 Å². The third kappa shape index (κ3) is 8.88. The largest absolute Gasteiger partial charge is 0.491 e. The zero-order valence-corrected chi connectivity index (χ0v) is 14.1. The minimum absolute atomic E-state index is 0. The second kappa shape index (κ2) is 12.3. The Balaban J connectivity index is 0.00000441. The van der Waals surface area contributed by atoms with E-state index < -0.39 is 6.17 Å². The maximum atomic E-state index is 13.7. The molecule has 0 fully saturated rings. The van der Waals surface area contributed by atoms with Gasteiger partial charge in [0.05, 0.1) is 0 Å². The molecule has 1 rings (SSSR count). The average molecular weight is 331 g/mol. The summed E-state index contributed by atoms with van der Waals surface area (Å²) >= 11 is 0. The van der Waals surface area contributed by atoms with Crippen LogP contribution in [0.2, 0.25) is 0 Å². The zero-order chi connectivity index (χ0) is 15.5. The van der Waals surface area contributed by atoms with Gasteiger partial charge in [-0.15, -0.1) is 12.4 Å². The number of ether oxygens (including phenoxy) is 1. The quantitative estimate of drug-likeness (QED) is 0.346. The van der Waals surface area contributed by atoms with Gasteiger partial charge >= 0.3 is 0 Å². The van der Waals surface area contributed by atoms with Gasteiger partial charge in [0.1, 0.15) is 24.4 Å². The number of hydrogen-bond donors (Lipinski definition) is 2. The lowest BCUT2D eigenvalue weighted by molar-refractivity contribution is 0.184. The number of nitrogens with two attached hydrogens (primary N) is 1. The Kier molecular flexibility index (Phi) is 11.6. The lowest BCUT2D eigenvalue weighted by Crippen LogP contribution is -2.13. The van der Waals surface area contributed by atoms with Crippen LogP contribution in [0, 0.1) is 5.41 Å². The Morgan fingerprint density at radius 3 is 2.32 bits per heavy atom. The molecule has 0 amide bonds. The molecule has 0 aromatic heterocycles. The van der Waals surface area contributed by atoms with Crippen LogP contribution in [0.4, 0.5) is 4.39 Å². The molecular weight excluding hydrogens is 303 g/mol. The Morgan fingerprint density at radius 1 is 1.14 bits per heavy atom. The fourth-order valence-electron chi connectivity index (χ4n) is 2.15. The van der Waals surface area contributed by atoms with Crippen LogP contribution in [0.5, 0.6) is 5.75 Å². The molecule has 0 saturated carbocycles. The van der Waals surface area contributed by atoms with Crippen molar-refractivity contribution in [3.63, 3.8) is 0 Å². The van der Waals surface area contributed by atoms with Crippen LogP contribution in [-0.2, 0) is 0 Å². The standard InChI is InChI=1S/C17H27FN2O.ClH/c1-2-3-4-5-6-7-8-15(18)13-21-16-11-9-14(10-12-16)17(19)20;/h9-12,15H,2-8,13H2,1H3,(H3,19,20);1H/t15-;/m0./s1. The molecule has 1 aromatic carbocycles. The monoisotopic (exact) mass is 330 g/mol. The highest BCUT2D eigenvalue weighted by Crippen LogP contribution is 2.15. The maximum absolute atomic E-state index is 13.7. The zero-order valence-electron chi connectivity index (χ0n) is 13.3. The molecule has 3 nitrogen and oxygen atoms in total. The molecule has 0 heterocycles. The topological polar surface area (TPSA) is 59.1 Å². The molecule has 1 atom stereocenters. The number of unbranched alkanes of at least 4 members (excludes halogenated alkanes) is 5. The summed E-state index contributed by atoms with van der Waals surface area (Å²) in [5.74, 6) is 0.638. The summed E-state index contributed by atoms with van der Waals surface area (Å²) in [5, 5.41) is 7.29. The summed E-state index contributed by atoms with van der Waals surface area (Å²) in [4.78, 5) is 0. The van der Waals surface area contributed by atoms with E-state index in [2.05, 4.69) is 6.92 Å². The van der Waals surface area contributed by atoms with Gasteiger partial charge in [-0.25, -0.2) is 4.39 Å². The van der Waals surface area contributed by atoms with Gasteiger partial charge in [0, 0.05) is 5.56 Å². The molecule has 0 spiro atoms. The summed E-state index contributed by atoms with van der Waals surface area (Å²) in [6, 6.07) is 6.85. The van der Waals surface area contributed by atoms with Gasteiger partial charge in [-0.05, 0) is 30.7 Å². The van der Waals surface area contributed by atoms with Crippen LogP contribution in [-0.4, -0.2) is 18.6 Å². The molecule has 5 heteroatoms. The molecule has 0 saturated heterocycles. The first-order chi connectivity index (χ1) is 10.1. The van der Waals surface area contributed by atoms with Crippen molar-refractivity contribution < 1.29 is 9.13 Å². The molecule has 22 heavy (non-hydrogen) atoms. The highest BCUT2D eigenvalue weighted by atomic mass is 35.5. The molecule has 0 aliphatic rings. The summed E-state index contributed by atoms with van der Waals surface area (Å²) < 4.78 is 19.1. The first-order valence-electron chi connectivity index (χ1n) is 7.84. The fraction of sp³-hybridized carbons (Fsp3) is 0.588. The maximum Gasteiger partial charge on any atom is 0.134 e. The average Bonchev–Trinajstić information content (AvgIpc) is 2.49. The Bertz CT molecular complexity index is 412. The lowest BCUT2D eigenvalue weighted by atomic mass is 10.1. The van der Waals surface area contributed by atoms with Gasteiger partial charge < -0.3 is 10.5 Å². The van der Waals surface area contributed by atoms with Crippen molar-refractivity contribution in [3.8, 4) is 5.75 Å². The number of alkyl halides is 1. The second-order valence-electron chi connectivity index (χ2n) is 5.40. The van der Waals surface area contributed by atoms with E-state index in [1.165, 1.54) is 25.7 Å². The van der Waals surface area contributed by atoms with Gasteiger partial charge in [-0.2, -0.15) is 0 Å². The SMILES string of the molecule is CCCCCCCC[C@H](F)COc1ccc(C(=N)N)cc1.Cl. The molecule has 0 aliphatic carbocycles. The molecule has 3 N–H and O–H groups in total. The Morgan fingerprint density at radius 2 is 1.73 bits per heavy atom. The molecule has 0 unspecified atom stereocenters. The van der Waals surface area contributed by atoms with Crippen LogP contribution in [0.3, 0.4) is 0 Å². The van der Waals surface area contributed by atoms with E-state index in [1.807, 2.05) is 0 Å². The number of nitrogens with one attached hydrogen (secondary N) is 1. The second-order valence-corrected chi connectivity index (χ2v) is 5.40. The van der Waals surface area contributed by atoms with Gasteiger partial charge in [0.2, 0.25) is 0 Å². The smallest absolute Gasteiger partial charge is 0.134 e. The normalized spacial score (nSPS) is 11.5. The van der Waals surface area contributed by atoms with Crippen molar-refractivity contribution in [2.45, 2.75) is 58.0 Å².